The van der Waals surface area contributed by atoms with E-state index >= 15 is 0 Å². The van der Waals surface area contributed by atoms with Crippen LogP contribution in [0.2, 0.25) is 18.1 Å². The smallest absolute Gasteiger partial charge is 0.201 e. The molecule has 134 valence electrons. The van der Waals surface area contributed by atoms with Crippen molar-refractivity contribution >= 4 is 25.3 Å². The van der Waals surface area contributed by atoms with Gasteiger partial charge in [-0.1, -0.05) is 39.8 Å². The third-order valence-corrected chi connectivity index (χ3v) is 9.83. The number of nitrogen functional groups attached to an aromatic ring is 1. The fourth-order valence-electron chi connectivity index (χ4n) is 2.66. The molecule has 0 aliphatic rings. The lowest BCUT2D eigenvalue weighted by Gasteiger charge is -2.36. The Hall–Kier alpha value is -1.33. The van der Waals surface area contributed by atoms with Crippen molar-refractivity contribution in [2.75, 3.05) is 12.3 Å². The summed E-state index contributed by atoms with van der Waals surface area (Å²) in [4.78, 5) is 4.44. The van der Waals surface area contributed by atoms with Gasteiger partial charge < -0.3 is 14.7 Å². The number of aromatic nitrogens is 2. The third kappa shape index (κ3) is 4.39. The van der Waals surface area contributed by atoms with Crippen LogP contribution in [0.15, 0.2) is 24.3 Å². The number of nitrogens with two attached hydrogens (primary N) is 1. The van der Waals surface area contributed by atoms with Crippen LogP contribution in [0.25, 0.3) is 11.0 Å². The van der Waals surface area contributed by atoms with Crippen LogP contribution < -0.4 is 5.73 Å². The van der Waals surface area contributed by atoms with E-state index in [1.807, 2.05) is 18.2 Å². The van der Waals surface area contributed by atoms with E-state index in [1.54, 1.807) is 0 Å². The molecule has 24 heavy (non-hydrogen) atoms. The third-order valence-electron chi connectivity index (χ3n) is 5.29. The minimum absolute atomic E-state index is 0.281. The Balaban J connectivity index is 1.85. The van der Waals surface area contributed by atoms with Crippen molar-refractivity contribution in [3.63, 3.8) is 0 Å². The summed E-state index contributed by atoms with van der Waals surface area (Å²) < 4.78 is 8.40. The van der Waals surface area contributed by atoms with Crippen molar-refractivity contribution in [2.45, 2.75) is 65.2 Å². The molecule has 0 radical (unpaired) electrons. The highest BCUT2D eigenvalue weighted by atomic mass is 28.4. The number of rotatable bonds is 7. The topological polar surface area (TPSA) is 53.1 Å². The zero-order chi connectivity index (χ0) is 18.0. The van der Waals surface area contributed by atoms with Crippen LogP contribution in [0, 0.1) is 5.92 Å². The highest BCUT2D eigenvalue weighted by Gasteiger charge is 2.36. The van der Waals surface area contributed by atoms with E-state index in [0.717, 1.165) is 37.0 Å². The SMILES string of the molecule is C[C@@H](CCCO[Si](C)(C)C(C)(C)C)Cn1c(N)nc2ccccc21. The summed E-state index contributed by atoms with van der Waals surface area (Å²) in [5.41, 5.74) is 8.19. The minimum atomic E-state index is -1.62. The van der Waals surface area contributed by atoms with E-state index in [4.69, 9.17) is 10.2 Å². The second-order valence-electron chi connectivity index (χ2n) is 8.43. The molecule has 4 nitrogen and oxygen atoms in total. The maximum atomic E-state index is 6.27. The average molecular weight is 348 g/mol. The predicted octanol–water partition coefficient (Wildman–Crippen LogP) is 5.06. The second kappa shape index (κ2) is 7.27. The largest absolute Gasteiger partial charge is 0.417 e. The Morgan fingerprint density at radius 3 is 2.58 bits per heavy atom. The predicted molar refractivity (Wildman–Crippen MR) is 106 cm³/mol. The van der Waals surface area contributed by atoms with Gasteiger partial charge in [0, 0.05) is 13.2 Å². The quantitative estimate of drug-likeness (QED) is 0.563. The standard InChI is InChI=1S/C19H33N3OSi/c1-15(10-9-13-23-24(5,6)19(2,3)4)14-22-17-12-8-7-11-16(17)21-18(22)20/h7-8,11-12,15H,9-10,13-14H2,1-6H3,(H2,20,21)/t15-/m0/s1. The Morgan fingerprint density at radius 1 is 1.25 bits per heavy atom. The summed E-state index contributed by atoms with van der Waals surface area (Å²) in [6.45, 7) is 15.5. The Morgan fingerprint density at radius 2 is 1.92 bits per heavy atom. The lowest BCUT2D eigenvalue weighted by atomic mass is 10.1. The maximum Gasteiger partial charge on any atom is 0.201 e. The molecular weight excluding hydrogens is 314 g/mol. The van der Waals surface area contributed by atoms with E-state index in [2.05, 4.69) is 56.4 Å². The minimum Gasteiger partial charge on any atom is -0.417 e. The van der Waals surface area contributed by atoms with Crippen molar-refractivity contribution in [2.24, 2.45) is 5.92 Å². The molecule has 0 unspecified atom stereocenters. The first-order valence-corrected chi connectivity index (χ1v) is 11.9. The van der Waals surface area contributed by atoms with Gasteiger partial charge in [-0.25, -0.2) is 4.98 Å². The van der Waals surface area contributed by atoms with Gasteiger partial charge in [0.15, 0.2) is 8.32 Å². The molecule has 0 aliphatic carbocycles. The van der Waals surface area contributed by atoms with Gasteiger partial charge in [-0.2, -0.15) is 0 Å². The summed E-state index contributed by atoms with van der Waals surface area (Å²) in [6.07, 6.45) is 2.24. The number of nitrogens with zero attached hydrogens (tertiary/aromatic N) is 2. The number of imidazole rings is 1. The number of benzene rings is 1. The van der Waals surface area contributed by atoms with Crippen LogP contribution in [0.5, 0.6) is 0 Å². The van der Waals surface area contributed by atoms with Crippen LogP contribution >= 0.6 is 0 Å². The molecular formula is C19H33N3OSi. The normalized spacial score (nSPS) is 14.2. The molecule has 2 rings (SSSR count). The van der Waals surface area contributed by atoms with Crippen molar-refractivity contribution < 1.29 is 4.43 Å². The molecule has 0 bridgehead atoms. The first-order chi connectivity index (χ1) is 11.1. The van der Waals surface area contributed by atoms with Crippen LogP contribution in [0.3, 0.4) is 0 Å². The van der Waals surface area contributed by atoms with Gasteiger partial charge in [0.25, 0.3) is 0 Å². The van der Waals surface area contributed by atoms with Gasteiger partial charge in [-0.3, -0.25) is 0 Å². The van der Waals surface area contributed by atoms with Gasteiger partial charge in [0.2, 0.25) is 5.95 Å². The first kappa shape index (κ1) is 19.0. The van der Waals surface area contributed by atoms with Crippen LogP contribution in [0.4, 0.5) is 5.95 Å². The van der Waals surface area contributed by atoms with Crippen LogP contribution in [0.1, 0.15) is 40.5 Å². The fourth-order valence-corrected chi connectivity index (χ4v) is 3.75. The van der Waals surface area contributed by atoms with E-state index in [-0.39, 0.29) is 5.04 Å². The van der Waals surface area contributed by atoms with Crippen molar-refractivity contribution in [1.82, 2.24) is 9.55 Å². The number of hydrogen-bond acceptors (Lipinski definition) is 3. The van der Waals surface area contributed by atoms with Gasteiger partial charge in [0.05, 0.1) is 11.0 Å². The first-order valence-electron chi connectivity index (χ1n) is 8.96. The maximum absolute atomic E-state index is 6.27. The van der Waals surface area contributed by atoms with Gasteiger partial charge in [-0.05, 0) is 49.0 Å². The molecule has 1 atom stereocenters. The number of anilines is 1. The molecule has 2 aromatic rings. The second-order valence-corrected chi connectivity index (χ2v) is 13.2. The molecule has 0 fully saturated rings. The van der Waals surface area contributed by atoms with Crippen molar-refractivity contribution in [3.05, 3.63) is 24.3 Å². The Kier molecular flexibility index (Phi) is 5.76. The molecule has 0 saturated carbocycles. The summed E-state index contributed by atoms with van der Waals surface area (Å²) in [5, 5.41) is 0.281. The molecule has 0 aliphatic heterocycles. The van der Waals surface area contributed by atoms with E-state index < -0.39 is 8.32 Å². The zero-order valence-corrected chi connectivity index (χ0v) is 17.1. The Labute approximate surface area is 147 Å². The zero-order valence-electron chi connectivity index (χ0n) is 16.1. The molecule has 5 heteroatoms. The van der Waals surface area contributed by atoms with E-state index in [0.29, 0.717) is 11.9 Å². The fraction of sp³-hybridized carbons (Fsp3) is 0.632. The summed E-state index contributed by atoms with van der Waals surface area (Å²) in [6, 6.07) is 8.14. The monoisotopic (exact) mass is 347 g/mol. The number of hydrogen-bond donors (Lipinski definition) is 1. The molecule has 2 N–H and O–H groups in total. The van der Waals surface area contributed by atoms with Gasteiger partial charge >= 0.3 is 0 Å². The summed E-state index contributed by atoms with van der Waals surface area (Å²) >= 11 is 0. The van der Waals surface area contributed by atoms with Gasteiger partial charge in [0.1, 0.15) is 0 Å². The Bertz CT molecular complexity index is 673. The molecule has 0 amide bonds. The van der Waals surface area contributed by atoms with Crippen molar-refractivity contribution in [1.29, 1.82) is 0 Å². The van der Waals surface area contributed by atoms with Crippen molar-refractivity contribution in [3.8, 4) is 0 Å². The molecule has 1 aromatic carbocycles. The molecule has 0 saturated heterocycles. The summed E-state index contributed by atoms with van der Waals surface area (Å²) in [7, 11) is -1.62. The lowest BCUT2D eigenvalue weighted by molar-refractivity contribution is 0.266. The van der Waals surface area contributed by atoms with E-state index in [9.17, 15) is 0 Å². The lowest BCUT2D eigenvalue weighted by Crippen LogP contribution is -2.41. The number of para-hydroxylation sites is 2. The molecule has 1 aromatic heterocycles. The van der Waals surface area contributed by atoms with Gasteiger partial charge in [-0.15, -0.1) is 0 Å². The highest BCUT2D eigenvalue weighted by Crippen LogP contribution is 2.36. The van der Waals surface area contributed by atoms with Crippen LogP contribution in [-0.4, -0.2) is 24.5 Å². The van der Waals surface area contributed by atoms with E-state index in [1.165, 1.54) is 0 Å². The van der Waals surface area contributed by atoms with Crippen LogP contribution in [-0.2, 0) is 11.0 Å². The number of fused-ring (bicyclic) bond motifs is 1. The summed E-state index contributed by atoms with van der Waals surface area (Å²) in [5.74, 6) is 1.16. The highest BCUT2D eigenvalue weighted by molar-refractivity contribution is 6.74. The molecule has 0 spiro atoms. The molecule has 1 heterocycles. The average Bonchev–Trinajstić information content (AvgIpc) is 2.79.